The molecule has 2 amide bonds. The summed E-state index contributed by atoms with van der Waals surface area (Å²) in [5.41, 5.74) is 1.74. The van der Waals surface area contributed by atoms with Crippen LogP contribution in [0.4, 0.5) is 0 Å². The van der Waals surface area contributed by atoms with Crippen molar-refractivity contribution in [1.29, 1.82) is 0 Å². The van der Waals surface area contributed by atoms with Gasteiger partial charge >= 0.3 is 0 Å². The first-order valence-electron chi connectivity index (χ1n) is 8.66. The maximum absolute atomic E-state index is 12.7. The van der Waals surface area contributed by atoms with Crippen LogP contribution in [0.5, 0.6) is 0 Å². The van der Waals surface area contributed by atoms with E-state index in [1.54, 1.807) is 24.5 Å². The zero-order valence-corrected chi connectivity index (χ0v) is 14.1. The molecule has 3 rings (SSSR count). The number of carbonyl (C=O) groups excluding carboxylic acids is 2. The van der Waals surface area contributed by atoms with Gasteiger partial charge in [-0.1, -0.05) is 12.8 Å². The van der Waals surface area contributed by atoms with Crippen molar-refractivity contribution < 1.29 is 9.59 Å². The fourth-order valence-corrected chi connectivity index (χ4v) is 2.92. The Labute approximate surface area is 147 Å². The minimum Gasteiger partial charge on any atom is -0.347 e. The summed E-state index contributed by atoms with van der Waals surface area (Å²) in [6, 6.07) is 6.93. The van der Waals surface area contributed by atoms with Gasteiger partial charge in [0.2, 0.25) is 0 Å². The second-order valence-corrected chi connectivity index (χ2v) is 6.17. The number of amides is 2. The van der Waals surface area contributed by atoms with E-state index < -0.39 is 0 Å². The van der Waals surface area contributed by atoms with Crippen LogP contribution in [-0.2, 0) is 6.54 Å². The third-order valence-corrected chi connectivity index (χ3v) is 4.34. The lowest BCUT2D eigenvalue weighted by Crippen LogP contribution is -2.32. The van der Waals surface area contributed by atoms with Gasteiger partial charge in [0.15, 0.2) is 0 Å². The summed E-state index contributed by atoms with van der Waals surface area (Å²) in [5, 5.41) is 2.82. The summed E-state index contributed by atoms with van der Waals surface area (Å²) >= 11 is 0. The molecule has 25 heavy (non-hydrogen) atoms. The molecule has 130 valence electrons. The Morgan fingerprint density at radius 2 is 1.72 bits per heavy atom. The minimum absolute atomic E-state index is 0.0208. The number of hydrogen-bond donors (Lipinski definition) is 1. The smallest absolute Gasteiger partial charge is 0.270 e. The van der Waals surface area contributed by atoms with E-state index in [1.165, 1.54) is 19.0 Å². The lowest BCUT2D eigenvalue weighted by molar-refractivity contribution is 0.0761. The molecule has 0 radical (unpaired) electrons. The lowest BCUT2D eigenvalue weighted by Gasteiger charge is -2.20. The highest BCUT2D eigenvalue weighted by Gasteiger charge is 2.18. The molecule has 1 aliphatic rings. The summed E-state index contributed by atoms with van der Waals surface area (Å²) in [5.74, 6) is -0.310. The van der Waals surface area contributed by atoms with E-state index in [0.717, 1.165) is 31.5 Å². The van der Waals surface area contributed by atoms with Crippen LogP contribution in [0, 0.1) is 0 Å². The first kappa shape index (κ1) is 17.1. The van der Waals surface area contributed by atoms with Gasteiger partial charge in [0, 0.05) is 43.8 Å². The van der Waals surface area contributed by atoms with Crippen LogP contribution in [-0.4, -0.2) is 39.8 Å². The molecule has 0 bridgehead atoms. The molecule has 0 aromatic carbocycles. The third-order valence-electron chi connectivity index (χ3n) is 4.34. The van der Waals surface area contributed by atoms with Crippen molar-refractivity contribution in [3.63, 3.8) is 0 Å². The van der Waals surface area contributed by atoms with Crippen LogP contribution in [0.1, 0.15) is 52.1 Å². The Morgan fingerprint density at radius 3 is 2.44 bits per heavy atom. The Morgan fingerprint density at radius 1 is 1.00 bits per heavy atom. The minimum atomic E-state index is -0.290. The van der Waals surface area contributed by atoms with Gasteiger partial charge in [-0.05, 0) is 42.7 Å². The number of hydrogen-bond acceptors (Lipinski definition) is 4. The van der Waals surface area contributed by atoms with Gasteiger partial charge in [0.1, 0.15) is 5.69 Å². The number of nitrogens with one attached hydrogen (secondary N) is 1. The van der Waals surface area contributed by atoms with E-state index >= 15 is 0 Å². The first-order valence-corrected chi connectivity index (χ1v) is 8.66. The molecule has 6 heteroatoms. The number of rotatable bonds is 4. The van der Waals surface area contributed by atoms with Crippen LogP contribution in [0.25, 0.3) is 0 Å². The molecule has 1 N–H and O–H groups in total. The first-order chi connectivity index (χ1) is 12.2. The Balaban J connectivity index is 1.65. The van der Waals surface area contributed by atoms with Crippen LogP contribution in [0.2, 0.25) is 0 Å². The van der Waals surface area contributed by atoms with Crippen molar-refractivity contribution in [2.75, 3.05) is 13.1 Å². The monoisotopic (exact) mass is 338 g/mol. The van der Waals surface area contributed by atoms with Gasteiger partial charge < -0.3 is 10.2 Å². The van der Waals surface area contributed by atoms with E-state index in [-0.39, 0.29) is 17.5 Å². The molecule has 1 fully saturated rings. The second kappa shape index (κ2) is 8.37. The average Bonchev–Trinajstić information content (AvgIpc) is 2.96. The summed E-state index contributed by atoms with van der Waals surface area (Å²) < 4.78 is 0. The summed E-state index contributed by atoms with van der Waals surface area (Å²) in [6.07, 6.45) is 9.30. The van der Waals surface area contributed by atoms with Gasteiger partial charge in [0.05, 0.1) is 0 Å². The number of nitrogens with zero attached hydrogens (tertiary/aromatic N) is 3. The summed E-state index contributed by atoms with van der Waals surface area (Å²) in [4.78, 5) is 34.9. The molecule has 2 aromatic rings. The molecular weight excluding hydrogens is 316 g/mol. The SMILES string of the molecule is O=C(NCc1ccncc1)c1cc(C(=O)N2CCCCCC2)ccn1. The van der Waals surface area contributed by atoms with Gasteiger partial charge in [-0.3, -0.25) is 19.6 Å². The second-order valence-electron chi connectivity index (χ2n) is 6.17. The van der Waals surface area contributed by atoms with Gasteiger partial charge in [-0.15, -0.1) is 0 Å². The van der Waals surface area contributed by atoms with Gasteiger partial charge in [-0.2, -0.15) is 0 Å². The van der Waals surface area contributed by atoms with Crippen molar-refractivity contribution in [3.8, 4) is 0 Å². The molecule has 1 saturated heterocycles. The summed E-state index contributed by atoms with van der Waals surface area (Å²) in [6.45, 7) is 1.96. The van der Waals surface area contributed by atoms with E-state index in [4.69, 9.17) is 0 Å². The molecule has 1 aliphatic heterocycles. The van der Waals surface area contributed by atoms with Crippen LogP contribution >= 0.6 is 0 Å². The maximum atomic E-state index is 12.7. The molecule has 0 atom stereocenters. The van der Waals surface area contributed by atoms with Crippen molar-refractivity contribution in [2.24, 2.45) is 0 Å². The van der Waals surface area contributed by atoms with Crippen molar-refractivity contribution in [2.45, 2.75) is 32.2 Å². The van der Waals surface area contributed by atoms with E-state index in [9.17, 15) is 9.59 Å². The largest absolute Gasteiger partial charge is 0.347 e. The van der Waals surface area contributed by atoms with Crippen molar-refractivity contribution in [1.82, 2.24) is 20.2 Å². The fraction of sp³-hybridized carbons (Fsp3) is 0.368. The fourth-order valence-electron chi connectivity index (χ4n) is 2.92. The Kier molecular flexibility index (Phi) is 5.72. The topological polar surface area (TPSA) is 75.2 Å². The van der Waals surface area contributed by atoms with E-state index in [2.05, 4.69) is 15.3 Å². The normalized spacial score (nSPS) is 14.6. The molecular formula is C19H22N4O2. The van der Waals surface area contributed by atoms with Gasteiger partial charge in [0.25, 0.3) is 11.8 Å². The zero-order chi connectivity index (χ0) is 17.5. The van der Waals surface area contributed by atoms with Crippen molar-refractivity contribution >= 4 is 11.8 Å². The zero-order valence-electron chi connectivity index (χ0n) is 14.1. The van der Waals surface area contributed by atoms with Crippen LogP contribution < -0.4 is 5.32 Å². The number of likely N-dealkylation sites (tertiary alicyclic amines) is 1. The van der Waals surface area contributed by atoms with E-state index in [0.29, 0.717) is 12.1 Å². The summed E-state index contributed by atoms with van der Waals surface area (Å²) in [7, 11) is 0. The highest BCUT2D eigenvalue weighted by Crippen LogP contribution is 2.14. The molecule has 3 heterocycles. The van der Waals surface area contributed by atoms with Crippen molar-refractivity contribution in [3.05, 3.63) is 59.7 Å². The Hall–Kier alpha value is -2.76. The molecule has 0 unspecified atom stereocenters. The number of aromatic nitrogens is 2. The molecule has 0 aliphatic carbocycles. The van der Waals surface area contributed by atoms with Gasteiger partial charge in [-0.25, -0.2) is 0 Å². The average molecular weight is 338 g/mol. The molecule has 0 spiro atoms. The van der Waals surface area contributed by atoms with E-state index in [1.807, 2.05) is 17.0 Å². The van der Waals surface area contributed by atoms with Crippen LogP contribution in [0.3, 0.4) is 0 Å². The third kappa shape index (κ3) is 4.62. The molecule has 6 nitrogen and oxygen atoms in total. The highest BCUT2D eigenvalue weighted by atomic mass is 16.2. The predicted octanol–water partition coefficient (Wildman–Crippen LogP) is 2.42. The predicted molar refractivity (Wildman–Crippen MR) is 94.0 cm³/mol. The molecule has 2 aromatic heterocycles. The molecule has 0 saturated carbocycles. The number of carbonyl (C=O) groups is 2. The standard InChI is InChI=1S/C19H22N4O2/c24-18(22-14-15-5-8-20-9-6-15)17-13-16(7-10-21-17)19(25)23-11-3-1-2-4-12-23/h5-10,13H,1-4,11-12,14H2,(H,22,24). The quantitative estimate of drug-likeness (QED) is 0.929. The Bertz CT molecular complexity index is 725. The maximum Gasteiger partial charge on any atom is 0.270 e. The lowest BCUT2D eigenvalue weighted by atomic mass is 10.2. The van der Waals surface area contributed by atoms with Crippen LogP contribution in [0.15, 0.2) is 42.9 Å². The number of pyridine rings is 2. The highest BCUT2D eigenvalue weighted by molar-refractivity contribution is 5.98.